The average Bonchev–Trinajstić information content (AvgIpc) is 2.80. The van der Waals surface area contributed by atoms with Gasteiger partial charge < -0.3 is 9.15 Å². The average molecular weight is 298 g/mol. The lowest BCUT2D eigenvalue weighted by atomic mass is 10.3. The van der Waals surface area contributed by atoms with Crippen LogP contribution in [0.3, 0.4) is 0 Å². The van der Waals surface area contributed by atoms with Crippen LogP contribution in [-0.4, -0.2) is 27.8 Å². The Morgan fingerprint density at radius 2 is 2.29 bits per heavy atom. The van der Waals surface area contributed by atoms with E-state index in [2.05, 4.69) is 31.1 Å². The van der Waals surface area contributed by atoms with Crippen LogP contribution in [0.1, 0.15) is 17.6 Å². The minimum Gasteiger partial charge on any atom is -0.459 e. The van der Waals surface area contributed by atoms with E-state index < -0.39 is 5.97 Å². The predicted octanol–water partition coefficient (Wildman–Crippen LogP) is 2.07. The molecule has 0 aliphatic rings. The fourth-order valence-corrected chi connectivity index (χ4v) is 1.34. The number of pyridine rings is 1. The van der Waals surface area contributed by atoms with Gasteiger partial charge in [0.2, 0.25) is 0 Å². The van der Waals surface area contributed by atoms with Gasteiger partial charge in [-0.3, -0.25) is 0 Å². The molecule has 0 saturated carbocycles. The summed E-state index contributed by atoms with van der Waals surface area (Å²) in [7, 11) is 0. The number of rotatable bonds is 3. The first-order valence-electron chi connectivity index (χ1n) is 4.83. The van der Waals surface area contributed by atoms with E-state index in [0.29, 0.717) is 5.69 Å². The van der Waals surface area contributed by atoms with Crippen molar-refractivity contribution < 1.29 is 13.9 Å². The number of hydrogen-bond donors (Lipinski definition) is 0. The molecule has 0 spiro atoms. The zero-order valence-corrected chi connectivity index (χ0v) is 10.5. The molecule has 2 aromatic heterocycles. The Bertz CT molecular complexity index is 524. The highest BCUT2D eigenvalue weighted by atomic mass is 79.9. The van der Waals surface area contributed by atoms with Crippen molar-refractivity contribution in [2.45, 2.75) is 6.92 Å². The Labute approximate surface area is 105 Å². The van der Waals surface area contributed by atoms with E-state index in [9.17, 15) is 4.79 Å². The molecule has 2 heterocycles. The van der Waals surface area contributed by atoms with Gasteiger partial charge in [-0.25, -0.2) is 9.78 Å². The standard InChI is InChI=1S/C10H8BrN3O3/c1-2-16-10(15)9-14-13-8(17-9)7-4-3-6(11)5-12-7/h3-5H,2H2,1H3. The van der Waals surface area contributed by atoms with E-state index in [0.717, 1.165) is 4.47 Å². The fraction of sp³-hybridized carbons (Fsp3) is 0.200. The number of hydrogen-bond acceptors (Lipinski definition) is 6. The van der Waals surface area contributed by atoms with Crippen molar-refractivity contribution in [2.24, 2.45) is 0 Å². The molecule has 0 fully saturated rings. The Morgan fingerprint density at radius 3 is 2.94 bits per heavy atom. The molecule has 2 aromatic rings. The van der Waals surface area contributed by atoms with E-state index in [1.54, 1.807) is 25.3 Å². The minimum atomic E-state index is -0.636. The largest absolute Gasteiger partial charge is 0.459 e. The Hall–Kier alpha value is -1.76. The molecule has 0 aromatic carbocycles. The number of nitrogens with zero attached hydrogens (tertiary/aromatic N) is 3. The minimum absolute atomic E-state index is 0.174. The third-order valence-electron chi connectivity index (χ3n) is 1.82. The van der Waals surface area contributed by atoms with E-state index in [-0.39, 0.29) is 18.4 Å². The zero-order chi connectivity index (χ0) is 12.3. The Morgan fingerprint density at radius 1 is 1.47 bits per heavy atom. The number of esters is 1. The maximum absolute atomic E-state index is 11.3. The molecule has 6 nitrogen and oxygen atoms in total. The van der Waals surface area contributed by atoms with Gasteiger partial charge in [0.25, 0.3) is 5.89 Å². The fourth-order valence-electron chi connectivity index (χ4n) is 1.10. The number of halogens is 1. The summed E-state index contributed by atoms with van der Waals surface area (Å²) in [5.41, 5.74) is 0.497. The second-order valence-electron chi connectivity index (χ2n) is 2.99. The van der Waals surface area contributed by atoms with Gasteiger partial charge in [-0.2, -0.15) is 0 Å². The van der Waals surface area contributed by atoms with E-state index in [4.69, 9.17) is 9.15 Å². The van der Waals surface area contributed by atoms with Gasteiger partial charge in [0.05, 0.1) is 6.61 Å². The molecule has 0 bridgehead atoms. The first kappa shape index (κ1) is 11.7. The van der Waals surface area contributed by atoms with E-state index in [1.165, 1.54) is 0 Å². The van der Waals surface area contributed by atoms with Crippen molar-refractivity contribution in [1.82, 2.24) is 15.2 Å². The monoisotopic (exact) mass is 297 g/mol. The van der Waals surface area contributed by atoms with Crippen molar-refractivity contribution >= 4 is 21.9 Å². The topological polar surface area (TPSA) is 78.1 Å². The molecule has 0 atom stereocenters. The summed E-state index contributed by atoms with van der Waals surface area (Å²) in [5, 5.41) is 7.31. The summed E-state index contributed by atoms with van der Waals surface area (Å²) in [6, 6.07) is 3.49. The summed E-state index contributed by atoms with van der Waals surface area (Å²) in [6.07, 6.45) is 1.60. The molecule has 0 unspecified atom stereocenters. The lowest BCUT2D eigenvalue weighted by Crippen LogP contribution is -2.04. The molecule has 0 aliphatic carbocycles. The van der Waals surface area contributed by atoms with Gasteiger partial charge >= 0.3 is 11.9 Å². The molecule has 0 amide bonds. The first-order chi connectivity index (χ1) is 8.20. The van der Waals surface area contributed by atoms with Crippen LogP contribution in [0.4, 0.5) is 0 Å². The smallest absolute Gasteiger partial charge is 0.396 e. The van der Waals surface area contributed by atoms with Gasteiger partial charge in [0.15, 0.2) is 0 Å². The molecule has 0 N–H and O–H groups in total. The van der Waals surface area contributed by atoms with Crippen LogP contribution in [-0.2, 0) is 4.74 Å². The maximum atomic E-state index is 11.3. The highest BCUT2D eigenvalue weighted by Crippen LogP contribution is 2.17. The second-order valence-corrected chi connectivity index (χ2v) is 3.91. The lowest BCUT2D eigenvalue weighted by Gasteiger charge is -1.95. The summed E-state index contributed by atoms with van der Waals surface area (Å²) < 4.78 is 10.7. The first-order valence-corrected chi connectivity index (χ1v) is 5.62. The molecule has 0 radical (unpaired) electrons. The highest BCUT2D eigenvalue weighted by Gasteiger charge is 2.17. The molecule has 17 heavy (non-hydrogen) atoms. The molecule has 2 rings (SSSR count). The number of carbonyl (C=O) groups excluding carboxylic acids is 1. The van der Waals surface area contributed by atoms with Gasteiger partial charge in [-0.1, -0.05) is 0 Å². The normalized spacial score (nSPS) is 10.2. The predicted molar refractivity (Wildman–Crippen MR) is 61.2 cm³/mol. The molecule has 0 saturated heterocycles. The van der Waals surface area contributed by atoms with Crippen LogP contribution in [0.2, 0.25) is 0 Å². The van der Waals surface area contributed by atoms with Crippen LogP contribution in [0.25, 0.3) is 11.6 Å². The lowest BCUT2D eigenvalue weighted by molar-refractivity contribution is 0.0481. The summed E-state index contributed by atoms with van der Waals surface area (Å²) in [4.78, 5) is 15.4. The third-order valence-corrected chi connectivity index (χ3v) is 2.29. The number of aromatic nitrogens is 3. The van der Waals surface area contributed by atoms with Gasteiger partial charge in [0, 0.05) is 10.7 Å². The highest BCUT2D eigenvalue weighted by molar-refractivity contribution is 9.10. The van der Waals surface area contributed by atoms with Crippen LogP contribution in [0, 0.1) is 0 Å². The second kappa shape index (κ2) is 5.05. The van der Waals surface area contributed by atoms with Gasteiger partial charge in [-0.15, -0.1) is 10.2 Å². The van der Waals surface area contributed by atoms with Crippen molar-refractivity contribution in [2.75, 3.05) is 6.61 Å². The summed E-state index contributed by atoms with van der Waals surface area (Å²) in [6.45, 7) is 1.96. The van der Waals surface area contributed by atoms with Crippen molar-refractivity contribution in [3.8, 4) is 11.6 Å². The number of ether oxygens (including phenoxy) is 1. The quantitative estimate of drug-likeness (QED) is 0.807. The van der Waals surface area contributed by atoms with Gasteiger partial charge in [-0.05, 0) is 35.0 Å². The van der Waals surface area contributed by atoms with Crippen LogP contribution in [0.5, 0.6) is 0 Å². The summed E-state index contributed by atoms with van der Waals surface area (Å²) in [5.74, 6) is -0.629. The van der Waals surface area contributed by atoms with Crippen molar-refractivity contribution in [1.29, 1.82) is 0 Å². The Kier molecular flexibility index (Phi) is 3.48. The van der Waals surface area contributed by atoms with Crippen LogP contribution < -0.4 is 0 Å². The molecular weight excluding hydrogens is 290 g/mol. The van der Waals surface area contributed by atoms with Crippen molar-refractivity contribution in [3.05, 3.63) is 28.7 Å². The zero-order valence-electron chi connectivity index (χ0n) is 8.88. The molecule has 7 heteroatoms. The van der Waals surface area contributed by atoms with Crippen LogP contribution in [0.15, 0.2) is 27.2 Å². The molecular formula is C10H8BrN3O3. The maximum Gasteiger partial charge on any atom is 0.396 e. The Balaban J connectivity index is 2.23. The van der Waals surface area contributed by atoms with E-state index in [1.807, 2.05) is 0 Å². The van der Waals surface area contributed by atoms with Gasteiger partial charge in [0.1, 0.15) is 5.69 Å². The van der Waals surface area contributed by atoms with Crippen molar-refractivity contribution in [3.63, 3.8) is 0 Å². The summed E-state index contributed by atoms with van der Waals surface area (Å²) >= 11 is 3.26. The SMILES string of the molecule is CCOC(=O)c1nnc(-c2ccc(Br)cn2)o1. The molecule has 88 valence electrons. The third kappa shape index (κ3) is 2.68. The van der Waals surface area contributed by atoms with Crippen LogP contribution >= 0.6 is 15.9 Å². The molecule has 0 aliphatic heterocycles. The number of carbonyl (C=O) groups is 1. The van der Waals surface area contributed by atoms with E-state index >= 15 is 0 Å².